The van der Waals surface area contributed by atoms with E-state index in [0.29, 0.717) is 15.6 Å². The van der Waals surface area contributed by atoms with E-state index in [1.54, 1.807) is 30.3 Å². The highest BCUT2D eigenvalue weighted by Crippen LogP contribution is 2.24. The first-order valence-electron chi connectivity index (χ1n) is 5.96. The third kappa shape index (κ3) is 3.97. The number of benzene rings is 2. The number of halogens is 2. The molecule has 0 spiro atoms. The maximum Gasteiger partial charge on any atom is 0.276 e. The van der Waals surface area contributed by atoms with Crippen molar-refractivity contribution in [2.75, 3.05) is 0 Å². The molecule has 0 fully saturated rings. The minimum Gasteiger partial charge on any atom is -0.200 e. The number of rotatable bonds is 4. The molecule has 0 atom stereocenters. The van der Waals surface area contributed by atoms with Crippen LogP contribution in [0.1, 0.15) is 11.1 Å². The highest BCUT2D eigenvalue weighted by molar-refractivity contribution is 7.89. The molecule has 2 aromatic carbocycles. The maximum atomic E-state index is 12.0. The molecule has 2 rings (SSSR count). The van der Waals surface area contributed by atoms with Gasteiger partial charge in [0.2, 0.25) is 0 Å². The van der Waals surface area contributed by atoms with Gasteiger partial charge in [0.25, 0.3) is 10.0 Å². The van der Waals surface area contributed by atoms with Crippen molar-refractivity contribution < 1.29 is 8.42 Å². The summed E-state index contributed by atoms with van der Waals surface area (Å²) in [5, 5.41) is 4.40. The van der Waals surface area contributed by atoms with Crippen LogP contribution in [0.4, 0.5) is 0 Å². The molecule has 0 aromatic heterocycles. The van der Waals surface area contributed by atoms with Crippen molar-refractivity contribution in [2.24, 2.45) is 5.10 Å². The molecule has 4 nitrogen and oxygen atoms in total. The molecule has 0 unspecified atom stereocenters. The van der Waals surface area contributed by atoms with E-state index in [4.69, 9.17) is 23.2 Å². The van der Waals surface area contributed by atoms with Crippen molar-refractivity contribution in [1.29, 1.82) is 0 Å². The predicted octanol–water partition coefficient (Wildman–Crippen LogP) is 3.61. The van der Waals surface area contributed by atoms with Crippen molar-refractivity contribution in [2.45, 2.75) is 11.8 Å². The first-order chi connectivity index (χ1) is 9.90. The van der Waals surface area contributed by atoms with E-state index in [0.717, 1.165) is 5.56 Å². The smallest absolute Gasteiger partial charge is 0.200 e. The minimum atomic E-state index is -3.69. The summed E-state index contributed by atoms with van der Waals surface area (Å²) in [7, 11) is -3.69. The third-order valence-electron chi connectivity index (χ3n) is 2.69. The highest BCUT2D eigenvalue weighted by atomic mass is 35.5. The number of nitrogens with zero attached hydrogens (tertiary/aromatic N) is 1. The van der Waals surface area contributed by atoms with Crippen LogP contribution in [0.25, 0.3) is 0 Å². The molecule has 7 heteroatoms. The second kappa shape index (κ2) is 6.47. The third-order valence-corrected chi connectivity index (χ3v) is 4.76. The lowest BCUT2D eigenvalue weighted by Gasteiger charge is -2.04. The van der Waals surface area contributed by atoms with Gasteiger partial charge in [0.15, 0.2) is 0 Å². The molecule has 0 saturated heterocycles. The summed E-state index contributed by atoms with van der Waals surface area (Å²) < 4.78 is 24.0. The van der Waals surface area contributed by atoms with Crippen LogP contribution in [0.5, 0.6) is 0 Å². The fourth-order valence-corrected chi connectivity index (χ4v) is 2.70. The normalized spacial score (nSPS) is 11.8. The van der Waals surface area contributed by atoms with E-state index in [1.807, 2.05) is 6.92 Å². The zero-order valence-electron chi connectivity index (χ0n) is 11.0. The Morgan fingerprint density at radius 2 is 1.76 bits per heavy atom. The SMILES string of the molecule is Cc1ccc(S(=O)(=O)NN=Cc2cccc(Cl)c2Cl)cc1. The number of sulfonamides is 1. The Morgan fingerprint density at radius 3 is 2.43 bits per heavy atom. The van der Waals surface area contributed by atoms with Crippen LogP contribution in [-0.2, 0) is 10.0 Å². The van der Waals surface area contributed by atoms with Gasteiger partial charge in [-0.05, 0) is 25.1 Å². The van der Waals surface area contributed by atoms with Gasteiger partial charge in [0.05, 0.1) is 21.2 Å². The van der Waals surface area contributed by atoms with Gasteiger partial charge in [-0.3, -0.25) is 0 Å². The molecule has 0 aliphatic carbocycles. The van der Waals surface area contributed by atoms with Crippen molar-refractivity contribution in [3.05, 3.63) is 63.6 Å². The molecule has 0 amide bonds. The molecule has 1 N–H and O–H groups in total. The van der Waals surface area contributed by atoms with E-state index in [2.05, 4.69) is 9.93 Å². The van der Waals surface area contributed by atoms with E-state index in [1.165, 1.54) is 18.3 Å². The van der Waals surface area contributed by atoms with Crippen molar-refractivity contribution in [1.82, 2.24) is 4.83 Å². The second-order valence-electron chi connectivity index (χ2n) is 4.31. The summed E-state index contributed by atoms with van der Waals surface area (Å²) in [6, 6.07) is 11.5. The summed E-state index contributed by atoms with van der Waals surface area (Å²) in [5.74, 6) is 0. The van der Waals surface area contributed by atoms with Gasteiger partial charge < -0.3 is 0 Å². The number of aryl methyl sites for hydroxylation is 1. The summed E-state index contributed by atoms with van der Waals surface area (Å²) in [6.07, 6.45) is 1.31. The van der Waals surface area contributed by atoms with Crippen LogP contribution in [0.2, 0.25) is 10.0 Å². The first-order valence-corrected chi connectivity index (χ1v) is 8.19. The zero-order valence-corrected chi connectivity index (χ0v) is 13.4. The lowest BCUT2D eigenvalue weighted by molar-refractivity contribution is 0.584. The Labute approximate surface area is 133 Å². The quantitative estimate of drug-likeness (QED) is 0.681. The van der Waals surface area contributed by atoms with Crippen LogP contribution >= 0.6 is 23.2 Å². The molecule has 0 aliphatic rings. The standard InChI is InChI=1S/C14H12Cl2N2O2S/c1-10-5-7-12(8-6-10)21(19,20)18-17-9-11-3-2-4-13(15)14(11)16/h2-9,18H,1H3. The average molecular weight is 343 g/mol. The summed E-state index contributed by atoms with van der Waals surface area (Å²) in [6.45, 7) is 1.88. The van der Waals surface area contributed by atoms with Crippen molar-refractivity contribution in [3.63, 3.8) is 0 Å². The fraction of sp³-hybridized carbons (Fsp3) is 0.0714. The van der Waals surface area contributed by atoms with Gasteiger partial charge >= 0.3 is 0 Å². The van der Waals surface area contributed by atoms with Gasteiger partial charge in [-0.15, -0.1) is 0 Å². The molecular formula is C14H12Cl2N2O2S. The van der Waals surface area contributed by atoms with Crippen LogP contribution in [0.15, 0.2) is 52.5 Å². The maximum absolute atomic E-state index is 12.0. The summed E-state index contributed by atoms with van der Waals surface area (Å²) >= 11 is 11.8. The van der Waals surface area contributed by atoms with Gasteiger partial charge in [-0.2, -0.15) is 13.5 Å². The largest absolute Gasteiger partial charge is 0.276 e. The van der Waals surface area contributed by atoms with Crippen LogP contribution in [0, 0.1) is 6.92 Å². The van der Waals surface area contributed by atoms with Crippen molar-refractivity contribution >= 4 is 39.4 Å². The van der Waals surface area contributed by atoms with Gasteiger partial charge in [-0.1, -0.05) is 53.0 Å². The van der Waals surface area contributed by atoms with E-state index < -0.39 is 10.0 Å². The number of nitrogens with one attached hydrogen (secondary N) is 1. The van der Waals surface area contributed by atoms with Crippen LogP contribution in [0.3, 0.4) is 0 Å². The van der Waals surface area contributed by atoms with Crippen LogP contribution < -0.4 is 4.83 Å². The minimum absolute atomic E-state index is 0.141. The summed E-state index contributed by atoms with van der Waals surface area (Å²) in [5.41, 5.74) is 1.50. The zero-order chi connectivity index (χ0) is 15.5. The Hall–Kier alpha value is -1.56. The topological polar surface area (TPSA) is 58.5 Å². The molecule has 0 saturated carbocycles. The summed E-state index contributed by atoms with van der Waals surface area (Å²) in [4.78, 5) is 2.27. The van der Waals surface area contributed by atoms with Gasteiger partial charge in [0.1, 0.15) is 0 Å². The highest BCUT2D eigenvalue weighted by Gasteiger charge is 2.11. The Bertz CT molecular complexity index is 772. The first kappa shape index (κ1) is 15.8. The average Bonchev–Trinajstić information content (AvgIpc) is 2.44. The number of hydrogen-bond acceptors (Lipinski definition) is 3. The Kier molecular flexibility index (Phi) is 4.88. The molecule has 0 radical (unpaired) electrons. The Morgan fingerprint density at radius 1 is 1.10 bits per heavy atom. The second-order valence-corrected chi connectivity index (χ2v) is 6.76. The number of hydrazone groups is 1. The van der Waals surface area contributed by atoms with Gasteiger partial charge in [0, 0.05) is 5.56 Å². The molecule has 0 bridgehead atoms. The van der Waals surface area contributed by atoms with E-state index in [-0.39, 0.29) is 4.90 Å². The van der Waals surface area contributed by atoms with Gasteiger partial charge in [-0.25, -0.2) is 4.83 Å². The molecule has 2 aromatic rings. The lowest BCUT2D eigenvalue weighted by atomic mass is 10.2. The molecule has 110 valence electrons. The molecular weight excluding hydrogens is 331 g/mol. The Balaban J connectivity index is 2.16. The predicted molar refractivity (Wildman–Crippen MR) is 85.6 cm³/mol. The van der Waals surface area contributed by atoms with E-state index in [9.17, 15) is 8.42 Å². The lowest BCUT2D eigenvalue weighted by Crippen LogP contribution is -2.18. The molecule has 0 aliphatic heterocycles. The molecule has 21 heavy (non-hydrogen) atoms. The van der Waals surface area contributed by atoms with Crippen LogP contribution in [-0.4, -0.2) is 14.6 Å². The van der Waals surface area contributed by atoms with Crippen molar-refractivity contribution in [3.8, 4) is 0 Å². The molecule has 0 heterocycles. The number of hydrogen-bond donors (Lipinski definition) is 1. The monoisotopic (exact) mass is 342 g/mol. The fourth-order valence-electron chi connectivity index (χ4n) is 1.56. The van der Waals surface area contributed by atoms with E-state index >= 15 is 0 Å².